The van der Waals surface area contributed by atoms with Gasteiger partial charge < -0.3 is 24.8 Å². The number of hydrogen-bond donors (Lipinski definition) is 0. The van der Waals surface area contributed by atoms with Gasteiger partial charge in [-0.3, -0.25) is 0 Å². The molecule has 0 atom stereocenters. The van der Waals surface area contributed by atoms with Gasteiger partial charge in [-0.15, -0.1) is 0 Å². The largest absolute Gasteiger partial charge is 2.00 e. The third-order valence-corrected chi connectivity index (χ3v) is 21.9. The van der Waals surface area contributed by atoms with E-state index in [9.17, 15) is 0 Å². The van der Waals surface area contributed by atoms with Crippen LogP contribution in [0.25, 0.3) is 0 Å². The molecular weight excluding hydrogens is 1120 g/mol. The standard InChI is InChI=1S/4C18H15P.2ClH.Ni/c4*1-4-10-16(11-5-1)19(17-12-6-2-7-13-17)18-14-8-3-9-15-18;;;/h4*1-15H;2*1H;/q;;;;;;+2/p-2. The van der Waals surface area contributed by atoms with Crippen molar-refractivity contribution in [1.82, 2.24) is 0 Å². The Hall–Kier alpha value is -6.57. The van der Waals surface area contributed by atoms with Gasteiger partial charge in [0.2, 0.25) is 0 Å². The van der Waals surface area contributed by atoms with Gasteiger partial charge in [-0.05, 0) is 95.3 Å². The Morgan fingerprint density at radius 2 is 0.177 bits per heavy atom. The Morgan fingerprint density at radius 1 is 0.114 bits per heavy atom. The van der Waals surface area contributed by atoms with Crippen molar-refractivity contribution in [3.8, 4) is 0 Å². The molecule has 0 aliphatic carbocycles. The summed E-state index contributed by atoms with van der Waals surface area (Å²) in [6, 6.07) is 129. The minimum Gasteiger partial charge on any atom is -1.00 e. The molecule has 0 spiro atoms. The summed E-state index contributed by atoms with van der Waals surface area (Å²) >= 11 is 0. The van der Waals surface area contributed by atoms with Gasteiger partial charge in [0, 0.05) is 0 Å². The van der Waals surface area contributed by atoms with Crippen molar-refractivity contribution in [3.63, 3.8) is 0 Å². The smallest absolute Gasteiger partial charge is 1.00 e. The fourth-order valence-electron chi connectivity index (χ4n) is 8.71. The summed E-state index contributed by atoms with van der Waals surface area (Å²) in [4.78, 5) is 0. The van der Waals surface area contributed by atoms with E-state index in [1.54, 1.807) is 0 Å². The van der Waals surface area contributed by atoms with Crippen LogP contribution in [0.5, 0.6) is 0 Å². The van der Waals surface area contributed by atoms with Crippen LogP contribution >= 0.6 is 31.7 Å². The fourth-order valence-corrected chi connectivity index (χ4v) is 17.9. The zero-order valence-electron chi connectivity index (χ0n) is 43.5. The first-order chi connectivity index (χ1) is 37.8. The molecule has 0 bridgehead atoms. The van der Waals surface area contributed by atoms with Crippen molar-refractivity contribution >= 4 is 95.3 Å². The molecule has 12 rings (SSSR count). The van der Waals surface area contributed by atoms with Crippen LogP contribution in [0.15, 0.2) is 364 Å². The number of benzene rings is 12. The summed E-state index contributed by atoms with van der Waals surface area (Å²) in [5.74, 6) is 0. The second-order valence-electron chi connectivity index (χ2n) is 17.4. The predicted octanol–water partition coefficient (Wildman–Crippen LogP) is 7.78. The maximum absolute atomic E-state index is 2.23. The van der Waals surface area contributed by atoms with Crippen molar-refractivity contribution in [2.75, 3.05) is 0 Å². The first kappa shape index (κ1) is 61.6. The average molecular weight is 1180 g/mol. The summed E-state index contributed by atoms with van der Waals surface area (Å²) in [5.41, 5.74) is 0. The molecule has 12 aromatic rings. The number of hydrogen-bond acceptors (Lipinski definition) is 0. The van der Waals surface area contributed by atoms with E-state index in [0.29, 0.717) is 0 Å². The first-order valence-corrected chi connectivity index (χ1v) is 31.0. The van der Waals surface area contributed by atoms with Gasteiger partial charge in [-0.25, -0.2) is 0 Å². The molecule has 0 aliphatic rings. The maximum atomic E-state index is 2.23. The monoisotopic (exact) mass is 1180 g/mol. The maximum Gasteiger partial charge on any atom is 2.00 e. The van der Waals surface area contributed by atoms with Crippen molar-refractivity contribution in [2.45, 2.75) is 0 Å². The second-order valence-corrected chi connectivity index (χ2v) is 26.2. The molecule has 0 radical (unpaired) electrons. The minimum absolute atomic E-state index is 0. The van der Waals surface area contributed by atoms with Crippen LogP contribution in [-0.2, 0) is 16.5 Å². The van der Waals surface area contributed by atoms with E-state index < -0.39 is 31.7 Å². The summed E-state index contributed by atoms with van der Waals surface area (Å²) in [6.07, 6.45) is 0. The molecule has 0 N–H and O–H groups in total. The van der Waals surface area contributed by atoms with Crippen LogP contribution in [0.4, 0.5) is 0 Å². The first-order valence-electron chi connectivity index (χ1n) is 25.6. The van der Waals surface area contributed by atoms with Gasteiger partial charge in [-0.2, -0.15) is 0 Å². The van der Waals surface area contributed by atoms with Crippen LogP contribution in [0.3, 0.4) is 0 Å². The number of halogens is 2. The van der Waals surface area contributed by atoms with Gasteiger partial charge in [0.15, 0.2) is 0 Å². The molecule has 0 amide bonds. The summed E-state index contributed by atoms with van der Waals surface area (Å²) in [7, 11) is -1.78. The third-order valence-electron chi connectivity index (χ3n) is 12.2. The molecule has 0 aromatic heterocycles. The van der Waals surface area contributed by atoms with E-state index in [1.165, 1.54) is 63.7 Å². The Balaban J connectivity index is 0.000000168. The molecular formula is C72H60Cl2NiP4. The van der Waals surface area contributed by atoms with E-state index in [2.05, 4.69) is 364 Å². The molecule has 7 heteroatoms. The van der Waals surface area contributed by atoms with Crippen LogP contribution < -0.4 is 88.5 Å². The molecule has 0 unspecified atom stereocenters. The number of rotatable bonds is 12. The minimum atomic E-state index is -0.446. The molecule has 392 valence electrons. The van der Waals surface area contributed by atoms with Gasteiger partial charge in [0.05, 0.1) is 0 Å². The van der Waals surface area contributed by atoms with Crippen LogP contribution in [0.1, 0.15) is 0 Å². The van der Waals surface area contributed by atoms with E-state index in [-0.39, 0.29) is 41.3 Å². The Morgan fingerprint density at radius 3 is 0.241 bits per heavy atom. The summed E-state index contributed by atoms with van der Waals surface area (Å²) in [6.45, 7) is 0. The van der Waals surface area contributed by atoms with Crippen LogP contribution in [0, 0.1) is 0 Å². The topological polar surface area (TPSA) is 0 Å². The molecule has 79 heavy (non-hydrogen) atoms. The predicted molar refractivity (Wildman–Crippen MR) is 341 cm³/mol. The SMILES string of the molecule is [Cl-].[Cl-].[Ni+2].c1ccc(P(c2ccccc2)c2ccccc2)cc1.c1ccc(P(c2ccccc2)c2ccccc2)cc1.c1ccc(P(c2ccccc2)c2ccccc2)cc1.c1ccc(P(c2ccccc2)c2ccccc2)cc1. The average Bonchev–Trinajstić information content (AvgIpc) is 3.51. The van der Waals surface area contributed by atoms with Gasteiger partial charge in [-0.1, -0.05) is 364 Å². The Bertz CT molecular complexity index is 2590. The van der Waals surface area contributed by atoms with Crippen molar-refractivity contribution in [2.24, 2.45) is 0 Å². The molecule has 0 fully saturated rings. The molecule has 0 aliphatic heterocycles. The van der Waals surface area contributed by atoms with Crippen molar-refractivity contribution < 1.29 is 41.3 Å². The zero-order chi connectivity index (χ0) is 51.7. The summed E-state index contributed by atoms with van der Waals surface area (Å²) < 4.78 is 0. The van der Waals surface area contributed by atoms with E-state index in [4.69, 9.17) is 0 Å². The third kappa shape index (κ3) is 18.2. The van der Waals surface area contributed by atoms with E-state index in [1.807, 2.05) is 0 Å². The van der Waals surface area contributed by atoms with Crippen LogP contribution in [0.2, 0.25) is 0 Å². The normalized spacial score (nSPS) is 10.2. The van der Waals surface area contributed by atoms with E-state index in [0.717, 1.165) is 0 Å². The molecule has 12 aromatic carbocycles. The Labute approximate surface area is 496 Å². The molecule has 0 saturated carbocycles. The van der Waals surface area contributed by atoms with Crippen molar-refractivity contribution in [3.05, 3.63) is 364 Å². The zero-order valence-corrected chi connectivity index (χ0v) is 49.6. The molecule has 0 heterocycles. The van der Waals surface area contributed by atoms with E-state index >= 15 is 0 Å². The fraction of sp³-hybridized carbons (Fsp3) is 0. The second kappa shape index (κ2) is 34.4. The van der Waals surface area contributed by atoms with Gasteiger partial charge in [0.1, 0.15) is 0 Å². The van der Waals surface area contributed by atoms with Gasteiger partial charge >= 0.3 is 16.5 Å². The molecule has 0 nitrogen and oxygen atoms in total. The Kier molecular flexibility index (Phi) is 26.9. The van der Waals surface area contributed by atoms with Crippen LogP contribution in [-0.4, -0.2) is 0 Å². The van der Waals surface area contributed by atoms with Crippen molar-refractivity contribution in [1.29, 1.82) is 0 Å². The molecule has 0 saturated heterocycles. The van der Waals surface area contributed by atoms with Gasteiger partial charge in [0.25, 0.3) is 0 Å². The summed E-state index contributed by atoms with van der Waals surface area (Å²) in [5, 5.41) is 16.8. The quantitative estimate of drug-likeness (QED) is 0.0868.